The fourth-order valence-corrected chi connectivity index (χ4v) is 1.76. The van der Waals surface area contributed by atoms with E-state index in [-0.39, 0.29) is 10.6 Å². The molecule has 0 bridgehead atoms. The van der Waals surface area contributed by atoms with Crippen LogP contribution in [0, 0.1) is 17.6 Å². The van der Waals surface area contributed by atoms with Crippen LogP contribution in [0.5, 0.6) is 0 Å². The monoisotopic (exact) mass is 247 g/mol. The average Bonchev–Trinajstić information content (AvgIpc) is 2.12. The van der Waals surface area contributed by atoms with Gasteiger partial charge in [-0.1, -0.05) is 25.4 Å². The molecule has 0 amide bonds. The number of nitrogens with two attached hydrogens (primary N) is 1. The molecule has 0 saturated carbocycles. The fourth-order valence-electron chi connectivity index (χ4n) is 1.56. The first-order valence-corrected chi connectivity index (χ1v) is 5.69. The van der Waals surface area contributed by atoms with Crippen LogP contribution in [0.2, 0.25) is 5.02 Å². The molecule has 0 spiro atoms. The Morgan fingerprint density at radius 2 is 1.69 bits per heavy atom. The number of benzene rings is 1. The zero-order valence-electron chi connectivity index (χ0n) is 9.43. The highest BCUT2D eigenvalue weighted by Gasteiger charge is 2.17. The summed E-state index contributed by atoms with van der Waals surface area (Å²) in [4.78, 5) is 0. The topological polar surface area (TPSA) is 26.0 Å². The Labute approximate surface area is 99.6 Å². The Morgan fingerprint density at radius 1 is 1.19 bits per heavy atom. The van der Waals surface area contributed by atoms with Crippen molar-refractivity contribution in [2.75, 3.05) is 0 Å². The maximum absolute atomic E-state index is 13.5. The molecule has 1 unspecified atom stereocenters. The van der Waals surface area contributed by atoms with Gasteiger partial charge < -0.3 is 5.73 Å². The van der Waals surface area contributed by atoms with Gasteiger partial charge in [-0.3, -0.25) is 0 Å². The van der Waals surface area contributed by atoms with E-state index in [9.17, 15) is 8.78 Å². The third-order valence-electron chi connectivity index (χ3n) is 2.47. The smallest absolute Gasteiger partial charge is 0.132 e. The van der Waals surface area contributed by atoms with Crippen LogP contribution in [0.25, 0.3) is 0 Å². The van der Waals surface area contributed by atoms with Gasteiger partial charge >= 0.3 is 0 Å². The Kier molecular flexibility index (Phi) is 4.69. The lowest BCUT2D eigenvalue weighted by Crippen LogP contribution is -2.15. The number of rotatable bonds is 4. The summed E-state index contributed by atoms with van der Waals surface area (Å²) in [6.45, 7) is 4.09. The minimum atomic E-state index is -0.666. The Balaban J connectivity index is 2.86. The molecule has 0 radical (unpaired) electrons. The van der Waals surface area contributed by atoms with Crippen LogP contribution >= 0.6 is 11.6 Å². The summed E-state index contributed by atoms with van der Waals surface area (Å²) < 4.78 is 27.0. The maximum Gasteiger partial charge on any atom is 0.132 e. The lowest BCUT2D eigenvalue weighted by atomic mass is 9.97. The predicted octanol–water partition coefficient (Wildman–Crippen LogP) is 4.05. The molecule has 0 aliphatic rings. The highest BCUT2D eigenvalue weighted by Crippen LogP contribution is 2.26. The first-order chi connectivity index (χ1) is 7.41. The summed E-state index contributed by atoms with van der Waals surface area (Å²) >= 11 is 5.53. The molecule has 0 saturated heterocycles. The van der Waals surface area contributed by atoms with Gasteiger partial charge in [0, 0.05) is 16.6 Å². The molecular formula is C12H16ClF2N. The van der Waals surface area contributed by atoms with Crippen LogP contribution < -0.4 is 5.73 Å². The van der Waals surface area contributed by atoms with Gasteiger partial charge in [0.2, 0.25) is 0 Å². The molecule has 2 N–H and O–H groups in total. The Hall–Kier alpha value is -0.670. The van der Waals surface area contributed by atoms with Crippen molar-refractivity contribution in [3.05, 3.63) is 34.4 Å². The van der Waals surface area contributed by atoms with Gasteiger partial charge in [0.1, 0.15) is 11.6 Å². The van der Waals surface area contributed by atoms with E-state index in [4.69, 9.17) is 17.3 Å². The third kappa shape index (κ3) is 3.42. The summed E-state index contributed by atoms with van der Waals surface area (Å²) in [6, 6.07) is 1.57. The van der Waals surface area contributed by atoms with Crippen molar-refractivity contribution in [2.45, 2.75) is 32.7 Å². The summed E-state index contributed by atoms with van der Waals surface area (Å²) in [5, 5.41) is 0.0507. The lowest BCUT2D eigenvalue weighted by Gasteiger charge is -2.15. The van der Waals surface area contributed by atoms with Gasteiger partial charge in [-0.05, 0) is 30.9 Å². The molecule has 1 aromatic carbocycles. The quantitative estimate of drug-likeness (QED) is 0.853. The van der Waals surface area contributed by atoms with Crippen LogP contribution in [0.15, 0.2) is 12.1 Å². The van der Waals surface area contributed by atoms with Crippen molar-refractivity contribution >= 4 is 11.6 Å². The van der Waals surface area contributed by atoms with Gasteiger partial charge in [0.05, 0.1) is 0 Å². The zero-order valence-corrected chi connectivity index (χ0v) is 10.2. The van der Waals surface area contributed by atoms with Crippen LogP contribution in [0.1, 0.15) is 38.3 Å². The number of halogens is 3. The van der Waals surface area contributed by atoms with E-state index in [1.54, 1.807) is 0 Å². The molecule has 0 aliphatic carbocycles. The Morgan fingerprint density at radius 3 is 2.12 bits per heavy atom. The van der Waals surface area contributed by atoms with E-state index in [1.165, 1.54) is 0 Å². The van der Waals surface area contributed by atoms with Crippen molar-refractivity contribution in [3.8, 4) is 0 Å². The first-order valence-electron chi connectivity index (χ1n) is 5.31. The van der Waals surface area contributed by atoms with Crippen molar-refractivity contribution < 1.29 is 8.78 Å². The number of hydrogen-bond acceptors (Lipinski definition) is 1. The van der Waals surface area contributed by atoms with Crippen LogP contribution in [0.3, 0.4) is 0 Å². The predicted molar refractivity (Wildman–Crippen MR) is 62.4 cm³/mol. The molecule has 0 fully saturated rings. The summed E-state index contributed by atoms with van der Waals surface area (Å²) in [5.41, 5.74) is 5.71. The maximum atomic E-state index is 13.5. The molecule has 1 atom stereocenters. The average molecular weight is 248 g/mol. The standard InChI is InChI=1S/C12H16ClF2N/c1-7(2)3-4-11(16)12-9(14)5-8(13)6-10(12)15/h5-7,11H,3-4,16H2,1-2H3. The Bertz CT molecular complexity index is 343. The molecule has 1 rings (SSSR count). The summed E-state index contributed by atoms with van der Waals surface area (Å²) in [6.07, 6.45) is 1.40. The molecule has 0 heterocycles. The summed E-state index contributed by atoms with van der Waals surface area (Å²) in [5.74, 6) is -0.869. The minimum Gasteiger partial charge on any atom is -0.324 e. The van der Waals surface area contributed by atoms with E-state index in [2.05, 4.69) is 0 Å². The van der Waals surface area contributed by atoms with E-state index < -0.39 is 17.7 Å². The normalized spacial score (nSPS) is 13.2. The number of hydrogen-bond donors (Lipinski definition) is 1. The molecule has 4 heteroatoms. The molecular weight excluding hydrogens is 232 g/mol. The molecule has 90 valence electrons. The van der Waals surface area contributed by atoms with Crippen molar-refractivity contribution in [1.82, 2.24) is 0 Å². The van der Waals surface area contributed by atoms with Gasteiger partial charge in [-0.2, -0.15) is 0 Å². The second-order valence-corrected chi connectivity index (χ2v) is 4.80. The van der Waals surface area contributed by atoms with Crippen molar-refractivity contribution in [2.24, 2.45) is 11.7 Å². The molecule has 0 aliphatic heterocycles. The highest BCUT2D eigenvalue weighted by molar-refractivity contribution is 6.30. The molecule has 1 nitrogen and oxygen atoms in total. The van der Waals surface area contributed by atoms with Gasteiger partial charge in [-0.15, -0.1) is 0 Å². The second kappa shape index (κ2) is 5.60. The lowest BCUT2D eigenvalue weighted by molar-refractivity contribution is 0.468. The first kappa shape index (κ1) is 13.4. The molecule has 16 heavy (non-hydrogen) atoms. The third-order valence-corrected chi connectivity index (χ3v) is 2.69. The van der Waals surface area contributed by atoms with Gasteiger partial charge in [-0.25, -0.2) is 8.78 Å². The van der Waals surface area contributed by atoms with Gasteiger partial charge in [0.15, 0.2) is 0 Å². The second-order valence-electron chi connectivity index (χ2n) is 4.36. The molecule has 1 aromatic rings. The SMILES string of the molecule is CC(C)CCC(N)c1c(F)cc(Cl)cc1F. The largest absolute Gasteiger partial charge is 0.324 e. The zero-order chi connectivity index (χ0) is 12.3. The fraction of sp³-hybridized carbons (Fsp3) is 0.500. The van der Waals surface area contributed by atoms with Crippen LogP contribution in [-0.4, -0.2) is 0 Å². The molecule has 0 aromatic heterocycles. The van der Waals surface area contributed by atoms with E-state index in [0.29, 0.717) is 12.3 Å². The van der Waals surface area contributed by atoms with E-state index in [0.717, 1.165) is 18.6 Å². The van der Waals surface area contributed by atoms with Crippen molar-refractivity contribution in [3.63, 3.8) is 0 Å². The highest BCUT2D eigenvalue weighted by atomic mass is 35.5. The van der Waals surface area contributed by atoms with Crippen LogP contribution in [0.4, 0.5) is 8.78 Å². The van der Waals surface area contributed by atoms with Crippen molar-refractivity contribution in [1.29, 1.82) is 0 Å². The van der Waals surface area contributed by atoms with Crippen LogP contribution in [-0.2, 0) is 0 Å². The van der Waals surface area contributed by atoms with E-state index >= 15 is 0 Å². The summed E-state index contributed by atoms with van der Waals surface area (Å²) in [7, 11) is 0. The minimum absolute atomic E-state index is 0.0507. The van der Waals surface area contributed by atoms with Gasteiger partial charge in [0.25, 0.3) is 0 Å². The van der Waals surface area contributed by atoms with E-state index in [1.807, 2.05) is 13.8 Å².